The normalized spacial score (nSPS) is 15.0. The molecule has 2 aliphatic heterocycles. The van der Waals surface area contributed by atoms with Gasteiger partial charge in [-0.05, 0) is 85.1 Å². The van der Waals surface area contributed by atoms with Gasteiger partial charge in [-0.25, -0.2) is 0 Å². The molecule has 5 heteroatoms. The van der Waals surface area contributed by atoms with E-state index in [9.17, 15) is 9.59 Å². The molecule has 0 bridgehead atoms. The maximum atomic E-state index is 13.5. The second kappa shape index (κ2) is 9.69. The first kappa shape index (κ1) is 26.6. The molecule has 3 heterocycles. The highest BCUT2D eigenvalue weighted by atomic mass is 32.1. The Kier molecular flexibility index (Phi) is 5.48. The quantitative estimate of drug-likeness (QED) is 0.112. The van der Waals surface area contributed by atoms with Gasteiger partial charge in [0.25, 0.3) is 0 Å². The molecule has 0 saturated carbocycles. The summed E-state index contributed by atoms with van der Waals surface area (Å²) in [6.45, 7) is 0. The number of Topliss-reactive ketones (excluding diaryl/α,β-unsaturated/α-hetero) is 2. The molecule has 0 amide bonds. The minimum atomic E-state index is -2.61. The van der Waals surface area contributed by atoms with E-state index in [4.69, 9.17) is 0 Å². The molecule has 3 nitrogen and oxygen atoms in total. The molecule has 10 rings (SSSR count). The largest absolute Gasteiger partial charge is 0.302 e. The average Bonchev–Trinajstić information content (AvgIpc) is 3.77. The number of hydrogen-bond donors (Lipinski definition) is 0. The number of rotatable bonds is 2. The van der Waals surface area contributed by atoms with Crippen molar-refractivity contribution in [3.63, 3.8) is 0 Å². The minimum absolute atomic E-state index is 0.203. The summed E-state index contributed by atoms with van der Waals surface area (Å²) in [7, 11) is -2.61. The van der Waals surface area contributed by atoms with Crippen LogP contribution in [0.15, 0.2) is 151 Å². The van der Waals surface area contributed by atoms with Crippen LogP contribution in [0.2, 0.25) is 0 Å². The summed E-state index contributed by atoms with van der Waals surface area (Å²) >= 11 is 1.60. The minimum Gasteiger partial charge on any atom is -0.302 e. The van der Waals surface area contributed by atoms with Gasteiger partial charge in [0.15, 0.2) is 19.6 Å². The SMILES string of the molecule is O=C1C(=Cc2ccc(N3c4ccccc4[Si]4(c5ccccc5-c5ccccc54)c4ccccc43)s2)C(=O)c2cc3ccccc3cc21. The van der Waals surface area contributed by atoms with Crippen LogP contribution in [0.5, 0.6) is 0 Å². The molecule has 0 unspecified atom stereocenters. The third kappa shape index (κ3) is 3.50. The van der Waals surface area contributed by atoms with E-state index in [1.54, 1.807) is 17.4 Å². The van der Waals surface area contributed by atoms with E-state index in [1.807, 2.05) is 42.5 Å². The lowest BCUT2D eigenvalue weighted by Gasteiger charge is -2.43. The summed E-state index contributed by atoms with van der Waals surface area (Å²) in [4.78, 5) is 30.3. The van der Waals surface area contributed by atoms with Crippen LogP contribution in [0.4, 0.5) is 16.4 Å². The van der Waals surface area contributed by atoms with Gasteiger partial charge < -0.3 is 4.90 Å². The standard InChI is InChI=1S/C42H25NO2SSi/c44-41-31-23-26-11-1-2-12-27(26)24-32(31)42(45)33(41)25-28-21-22-40(46-28)43-34-15-5-9-19-38(34)47(39-20-10-6-16-35(39)43)36-17-7-3-13-29(36)30-14-4-8-18-37(30)47/h1-25H. The maximum Gasteiger partial charge on any atom is 0.197 e. The number of benzene rings is 6. The van der Waals surface area contributed by atoms with Crippen LogP contribution in [0.3, 0.4) is 0 Å². The van der Waals surface area contributed by atoms with Crippen LogP contribution < -0.4 is 25.6 Å². The van der Waals surface area contributed by atoms with Crippen molar-refractivity contribution >= 4 is 84.9 Å². The Balaban J connectivity index is 1.13. The highest BCUT2D eigenvalue weighted by Crippen LogP contribution is 2.44. The molecule has 1 aromatic heterocycles. The molecule has 3 aliphatic rings. The number of hydrogen-bond acceptors (Lipinski definition) is 4. The Hall–Kier alpha value is -5.62. The van der Waals surface area contributed by atoms with Gasteiger partial charge in [0.1, 0.15) is 5.00 Å². The molecule has 220 valence electrons. The van der Waals surface area contributed by atoms with Crippen LogP contribution in [-0.4, -0.2) is 19.6 Å². The third-order valence-corrected chi connectivity index (χ3v) is 16.0. The number of anilines is 3. The number of carbonyl (C=O) groups is 2. The Labute approximate surface area is 276 Å². The summed E-state index contributed by atoms with van der Waals surface area (Å²) in [5.41, 5.74) is 6.23. The van der Waals surface area contributed by atoms with E-state index in [2.05, 4.69) is 108 Å². The number of ketones is 2. The van der Waals surface area contributed by atoms with E-state index < -0.39 is 8.07 Å². The van der Waals surface area contributed by atoms with Crippen molar-refractivity contribution < 1.29 is 9.59 Å². The predicted octanol–water partition coefficient (Wildman–Crippen LogP) is 7.50. The zero-order chi connectivity index (χ0) is 31.3. The van der Waals surface area contributed by atoms with Crippen molar-refractivity contribution in [3.05, 3.63) is 167 Å². The van der Waals surface area contributed by atoms with Crippen molar-refractivity contribution in [3.8, 4) is 11.1 Å². The van der Waals surface area contributed by atoms with E-state index in [0.29, 0.717) is 11.1 Å². The van der Waals surface area contributed by atoms with Gasteiger partial charge >= 0.3 is 0 Å². The predicted molar refractivity (Wildman–Crippen MR) is 196 cm³/mol. The van der Waals surface area contributed by atoms with Crippen LogP contribution >= 0.6 is 11.3 Å². The molecule has 0 fully saturated rings. The van der Waals surface area contributed by atoms with Gasteiger partial charge in [0.05, 0.1) is 5.57 Å². The van der Waals surface area contributed by atoms with E-state index >= 15 is 0 Å². The smallest absolute Gasteiger partial charge is 0.197 e. The van der Waals surface area contributed by atoms with Crippen LogP contribution in [-0.2, 0) is 0 Å². The molecule has 0 N–H and O–H groups in total. The zero-order valence-corrected chi connectivity index (χ0v) is 26.9. The van der Waals surface area contributed by atoms with Crippen molar-refractivity contribution in [2.45, 2.75) is 0 Å². The van der Waals surface area contributed by atoms with Crippen LogP contribution in [0.1, 0.15) is 25.6 Å². The lowest BCUT2D eigenvalue weighted by molar-refractivity contribution is 0.0990. The lowest BCUT2D eigenvalue weighted by atomic mass is 10.0. The number of para-hydroxylation sites is 2. The molecular formula is C42H25NO2SSi. The van der Waals surface area contributed by atoms with Crippen molar-refractivity contribution in [2.75, 3.05) is 4.90 Å². The number of fused-ring (bicyclic) bond motifs is 11. The Morgan fingerprint density at radius 1 is 0.489 bits per heavy atom. The number of carbonyl (C=O) groups excluding carboxylic acids is 2. The van der Waals surface area contributed by atoms with Gasteiger partial charge in [-0.15, -0.1) is 11.3 Å². The van der Waals surface area contributed by atoms with Gasteiger partial charge in [0, 0.05) is 27.4 Å². The second-order valence-corrected chi connectivity index (χ2v) is 17.1. The monoisotopic (exact) mass is 635 g/mol. The summed E-state index contributed by atoms with van der Waals surface area (Å²) in [6.07, 6.45) is 1.78. The van der Waals surface area contributed by atoms with Crippen molar-refractivity contribution in [1.29, 1.82) is 0 Å². The fraction of sp³-hybridized carbons (Fsp3) is 0. The van der Waals surface area contributed by atoms with Crippen LogP contribution in [0, 0.1) is 0 Å². The Morgan fingerprint density at radius 2 is 0.957 bits per heavy atom. The molecule has 7 aromatic rings. The lowest BCUT2D eigenvalue weighted by Crippen LogP contribution is -2.75. The first-order valence-corrected chi connectivity index (χ1v) is 18.6. The summed E-state index contributed by atoms with van der Waals surface area (Å²) in [5, 5.41) is 8.57. The van der Waals surface area contributed by atoms with Crippen molar-refractivity contribution in [2.24, 2.45) is 0 Å². The topological polar surface area (TPSA) is 37.4 Å². The average molecular weight is 636 g/mol. The molecule has 47 heavy (non-hydrogen) atoms. The van der Waals surface area contributed by atoms with Crippen LogP contribution in [0.25, 0.3) is 28.0 Å². The van der Waals surface area contributed by atoms with E-state index in [-0.39, 0.29) is 17.1 Å². The second-order valence-electron chi connectivity index (χ2n) is 12.3. The molecule has 6 aromatic carbocycles. The van der Waals surface area contributed by atoms with Gasteiger partial charge in [0.2, 0.25) is 0 Å². The Morgan fingerprint density at radius 3 is 1.51 bits per heavy atom. The van der Waals surface area contributed by atoms with Gasteiger partial charge in [-0.2, -0.15) is 0 Å². The Bertz CT molecular complexity index is 2390. The summed E-state index contributed by atoms with van der Waals surface area (Å²) < 4.78 is 0. The van der Waals surface area contributed by atoms with Gasteiger partial charge in [-0.3, -0.25) is 9.59 Å². The molecule has 0 saturated heterocycles. The molecular weight excluding hydrogens is 611 g/mol. The first-order chi connectivity index (χ1) is 23.1. The first-order valence-electron chi connectivity index (χ1n) is 15.8. The van der Waals surface area contributed by atoms with Crippen molar-refractivity contribution in [1.82, 2.24) is 0 Å². The molecule has 0 radical (unpaired) electrons. The van der Waals surface area contributed by atoms with Gasteiger partial charge in [-0.1, -0.05) is 109 Å². The summed E-state index contributed by atoms with van der Waals surface area (Å²) in [6, 6.07) is 51.4. The maximum absolute atomic E-state index is 13.5. The zero-order valence-electron chi connectivity index (χ0n) is 25.1. The fourth-order valence-electron chi connectivity index (χ4n) is 8.12. The highest BCUT2D eigenvalue weighted by molar-refractivity contribution is 7.24. The third-order valence-electron chi connectivity index (χ3n) is 10.0. The summed E-state index contributed by atoms with van der Waals surface area (Å²) in [5.74, 6) is -0.406. The fourth-order valence-corrected chi connectivity index (χ4v) is 14.6. The molecule has 1 aliphatic carbocycles. The molecule has 1 spiro atoms. The van der Waals surface area contributed by atoms with E-state index in [0.717, 1.165) is 20.7 Å². The number of thiophene rings is 1. The molecule has 0 atom stereocenters. The van der Waals surface area contributed by atoms with E-state index in [1.165, 1.54) is 43.2 Å². The highest BCUT2D eigenvalue weighted by Gasteiger charge is 2.53. The number of nitrogens with zero attached hydrogens (tertiary/aromatic N) is 1. The number of allylic oxidation sites excluding steroid dienone is 1.